The number of aryl methyl sites for hydroxylation is 1. The van der Waals surface area contributed by atoms with Crippen LogP contribution in [0.1, 0.15) is 28.4 Å². The molecular weight excluding hydrogens is 286 g/mol. The molecule has 1 aromatic carbocycles. The van der Waals surface area contributed by atoms with Crippen molar-refractivity contribution < 1.29 is 4.79 Å². The van der Waals surface area contributed by atoms with Gasteiger partial charge in [-0.1, -0.05) is 35.9 Å². The van der Waals surface area contributed by atoms with Crippen molar-refractivity contribution in [1.29, 1.82) is 0 Å². The molecule has 0 aliphatic carbocycles. The largest absolute Gasteiger partial charge is 0.397 e. The molecule has 2 rings (SSSR count). The second-order valence-corrected chi connectivity index (χ2v) is 5.23. The number of amides is 1. The predicted molar refractivity (Wildman–Crippen MR) is 85.3 cm³/mol. The Morgan fingerprint density at radius 2 is 2.10 bits per heavy atom. The molecule has 4 nitrogen and oxygen atoms in total. The van der Waals surface area contributed by atoms with Crippen LogP contribution in [0.3, 0.4) is 0 Å². The minimum atomic E-state index is -0.137. The van der Waals surface area contributed by atoms with Crippen LogP contribution in [0.25, 0.3) is 0 Å². The molecule has 110 valence electrons. The third-order valence-corrected chi connectivity index (χ3v) is 3.63. The molecule has 0 bridgehead atoms. The summed E-state index contributed by atoms with van der Waals surface area (Å²) < 4.78 is 0. The van der Waals surface area contributed by atoms with E-state index < -0.39 is 0 Å². The number of rotatable bonds is 4. The van der Waals surface area contributed by atoms with Gasteiger partial charge in [-0.15, -0.1) is 0 Å². The molecule has 1 aromatic heterocycles. The van der Waals surface area contributed by atoms with Crippen molar-refractivity contribution in [1.82, 2.24) is 9.88 Å². The number of hydrogen-bond acceptors (Lipinski definition) is 3. The van der Waals surface area contributed by atoms with Gasteiger partial charge in [-0.05, 0) is 31.0 Å². The number of nitrogen functional groups attached to an aromatic ring is 1. The Hall–Kier alpha value is -2.07. The maximum atomic E-state index is 12.6. The van der Waals surface area contributed by atoms with Gasteiger partial charge in [0, 0.05) is 13.1 Å². The third-order valence-electron chi connectivity index (χ3n) is 3.42. The van der Waals surface area contributed by atoms with E-state index in [0.29, 0.717) is 24.3 Å². The Balaban J connectivity index is 2.27. The van der Waals surface area contributed by atoms with Crippen molar-refractivity contribution >= 4 is 23.2 Å². The lowest BCUT2D eigenvalue weighted by molar-refractivity contribution is 0.0753. The summed E-state index contributed by atoms with van der Waals surface area (Å²) in [5.41, 5.74) is 8.85. The van der Waals surface area contributed by atoms with Gasteiger partial charge in [-0.2, -0.15) is 0 Å². The van der Waals surface area contributed by atoms with Gasteiger partial charge in [0.15, 0.2) is 0 Å². The van der Waals surface area contributed by atoms with Crippen LogP contribution in [0.5, 0.6) is 0 Å². The minimum absolute atomic E-state index is 0.137. The molecule has 1 amide bonds. The van der Waals surface area contributed by atoms with E-state index in [4.69, 9.17) is 17.3 Å². The van der Waals surface area contributed by atoms with Gasteiger partial charge in [-0.3, -0.25) is 4.79 Å². The third kappa shape index (κ3) is 3.52. The van der Waals surface area contributed by atoms with Crippen molar-refractivity contribution in [3.63, 3.8) is 0 Å². The fraction of sp³-hybridized carbons (Fsp3) is 0.250. The van der Waals surface area contributed by atoms with E-state index in [1.807, 2.05) is 38.1 Å². The van der Waals surface area contributed by atoms with E-state index >= 15 is 0 Å². The number of aromatic nitrogens is 1. The number of benzene rings is 1. The summed E-state index contributed by atoms with van der Waals surface area (Å²) in [6, 6.07) is 9.52. The van der Waals surface area contributed by atoms with Crippen molar-refractivity contribution in [2.45, 2.75) is 20.4 Å². The predicted octanol–water partition coefficient (Wildman–Crippen LogP) is 3.29. The first-order valence-electron chi connectivity index (χ1n) is 6.77. The van der Waals surface area contributed by atoms with Crippen molar-refractivity contribution in [3.8, 4) is 0 Å². The molecule has 5 heteroatoms. The second kappa shape index (κ2) is 6.59. The Labute approximate surface area is 129 Å². The van der Waals surface area contributed by atoms with Crippen LogP contribution in [-0.4, -0.2) is 22.3 Å². The van der Waals surface area contributed by atoms with Crippen molar-refractivity contribution in [2.24, 2.45) is 0 Å². The molecule has 0 saturated heterocycles. The summed E-state index contributed by atoms with van der Waals surface area (Å²) in [6.45, 7) is 5.11. The summed E-state index contributed by atoms with van der Waals surface area (Å²) in [6.07, 6.45) is 1.41. The van der Waals surface area contributed by atoms with Crippen LogP contribution in [0.2, 0.25) is 5.15 Å². The van der Waals surface area contributed by atoms with Gasteiger partial charge < -0.3 is 10.6 Å². The highest BCUT2D eigenvalue weighted by molar-refractivity contribution is 6.29. The zero-order chi connectivity index (χ0) is 15.4. The van der Waals surface area contributed by atoms with E-state index in [2.05, 4.69) is 4.98 Å². The summed E-state index contributed by atoms with van der Waals surface area (Å²) >= 11 is 5.86. The zero-order valence-electron chi connectivity index (χ0n) is 12.1. The molecular formula is C16H18ClN3O. The van der Waals surface area contributed by atoms with Crippen LogP contribution in [0.15, 0.2) is 36.5 Å². The molecule has 0 radical (unpaired) electrons. The highest BCUT2D eigenvalue weighted by Crippen LogP contribution is 2.19. The van der Waals surface area contributed by atoms with Gasteiger partial charge in [0.2, 0.25) is 0 Å². The van der Waals surface area contributed by atoms with E-state index in [1.165, 1.54) is 12.3 Å². The maximum Gasteiger partial charge on any atom is 0.256 e. The van der Waals surface area contributed by atoms with Gasteiger partial charge in [0.05, 0.1) is 17.4 Å². The molecule has 2 N–H and O–H groups in total. The fourth-order valence-electron chi connectivity index (χ4n) is 2.12. The Kier molecular flexibility index (Phi) is 4.81. The molecule has 0 aliphatic heterocycles. The van der Waals surface area contributed by atoms with Crippen LogP contribution < -0.4 is 5.73 Å². The zero-order valence-corrected chi connectivity index (χ0v) is 12.9. The maximum absolute atomic E-state index is 12.6. The average molecular weight is 304 g/mol. The quantitative estimate of drug-likeness (QED) is 0.882. The molecule has 0 unspecified atom stereocenters. The van der Waals surface area contributed by atoms with Crippen LogP contribution in [0.4, 0.5) is 5.69 Å². The second-order valence-electron chi connectivity index (χ2n) is 4.84. The molecule has 0 spiro atoms. The molecule has 2 aromatic rings. The normalized spacial score (nSPS) is 10.4. The number of hydrogen-bond donors (Lipinski definition) is 1. The number of anilines is 1. The number of pyridine rings is 1. The van der Waals surface area contributed by atoms with E-state index in [-0.39, 0.29) is 11.1 Å². The standard InChI is InChI=1S/C16H18ClN3O/c1-3-20(10-12-7-5-4-6-11(12)2)16(21)13-8-15(17)19-9-14(13)18/h4-9H,3,10,18H2,1-2H3. The summed E-state index contributed by atoms with van der Waals surface area (Å²) in [4.78, 5) is 18.2. The number of carbonyl (C=O) groups is 1. The Morgan fingerprint density at radius 1 is 1.38 bits per heavy atom. The number of halogens is 1. The summed E-state index contributed by atoms with van der Waals surface area (Å²) in [5, 5.41) is 0.263. The number of nitrogens with zero attached hydrogens (tertiary/aromatic N) is 2. The molecule has 21 heavy (non-hydrogen) atoms. The number of nitrogens with two attached hydrogens (primary N) is 1. The van der Waals surface area contributed by atoms with Crippen LogP contribution >= 0.6 is 11.6 Å². The molecule has 0 aliphatic rings. The van der Waals surface area contributed by atoms with Gasteiger partial charge in [-0.25, -0.2) is 4.98 Å². The Bertz CT molecular complexity index is 658. The monoisotopic (exact) mass is 303 g/mol. The SMILES string of the molecule is CCN(Cc1ccccc1C)C(=O)c1cc(Cl)ncc1N. The molecule has 0 saturated carbocycles. The molecule has 0 fully saturated rings. The van der Waals surface area contributed by atoms with Crippen molar-refractivity contribution in [3.05, 3.63) is 58.4 Å². The topological polar surface area (TPSA) is 59.2 Å². The van der Waals surface area contributed by atoms with Crippen LogP contribution in [-0.2, 0) is 6.54 Å². The first kappa shape index (κ1) is 15.3. The number of carbonyl (C=O) groups excluding carboxylic acids is 1. The Morgan fingerprint density at radius 3 is 2.76 bits per heavy atom. The minimum Gasteiger partial charge on any atom is -0.397 e. The van der Waals surface area contributed by atoms with Crippen LogP contribution in [0, 0.1) is 6.92 Å². The van der Waals surface area contributed by atoms with Gasteiger partial charge in [0.25, 0.3) is 5.91 Å². The summed E-state index contributed by atoms with van der Waals surface area (Å²) in [7, 11) is 0. The van der Waals surface area contributed by atoms with E-state index in [9.17, 15) is 4.79 Å². The smallest absolute Gasteiger partial charge is 0.256 e. The average Bonchev–Trinajstić information content (AvgIpc) is 2.48. The molecule has 0 atom stereocenters. The van der Waals surface area contributed by atoms with E-state index in [0.717, 1.165) is 11.1 Å². The first-order valence-corrected chi connectivity index (χ1v) is 7.15. The van der Waals surface area contributed by atoms with Gasteiger partial charge >= 0.3 is 0 Å². The highest BCUT2D eigenvalue weighted by atomic mass is 35.5. The lowest BCUT2D eigenvalue weighted by atomic mass is 10.1. The lowest BCUT2D eigenvalue weighted by Crippen LogP contribution is -2.31. The fourth-order valence-corrected chi connectivity index (χ4v) is 2.27. The lowest BCUT2D eigenvalue weighted by Gasteiger charge is -2.22. The molecule has 1 heterocycles. The first-order chi connectivity index (χ1) is 10.0. The van der Waals surface area contributed by atoms with E-state index in [1.54, 1.807) is 4.90 Å². The summed E-state index contributed by atoms with van der Waals surface area (Å²) in [5.74, 6) is -0.137. The van der Waals surface area contributed by atoms with Crippen molar-refractivity contribution in [2.75, 3.05) is 12.3 Å². The highest BCUT2D eigenvalue weighted by Gasteiger charge is 2.18. The van der Waals surface area contributed by atoms with Gasteiger partial charge in [0.1, 0.15) is 5.15 Å².